The van der Waals surface area contributed by atoms with E-state index < -0.39 is 0 Å². The molecule has 1 unspecified atom stereocenters. The summed E-state index contributed by atoms with van der Waals surface area (Å²) in [6.45, 7) is 4.10. The second kappa shape index (κ2) is 4.42. The number of hydrogen-bond acceptors (Lipinski definition) is 4. The lowest BCUT2D eigenvalue weighted by Crippen LogP contribution is -2.07. The van der Waals surface area contributed by atoms with E-state index in [9.17, 15) is 0 Å². The lowest BCUT2D eigenvalue weighted by atomic mass is 10.3. The number of fused-ring (bicyclic) bond motifs is 1. The molecule has 5 heteroatoms. The molecule has 1 atom stereocenters. The highest BCUT2D eigenvalue weighted by Crippen LogP contribution is 2.22. The number of H-pyrrole nitrogens is 1. The summed E-state index contributed by atoms with van der Waals surface area (Å²) in [7, 11) is 0. The van der Waals surface area contributed by atoms with Gasteiger partial charge in [-0.05, 0) is 26.0 Å². The second-order valence-electron chi connectivity index (χ2n) is 4.30. The minimum atomic E-state index is 0.157. The van der Waals surface area contributed by atoms with Crippen molar-refractivity contribution in [1.29, 1.82) is 0 Å². The molecule has 0 spiro atoms. The first-order valence-electron chi connectivity index (χ1n) is 5.85. The minimum absolute atomic E-state index is 0.157. The molecular formula is C13H14N4S. The molecule has 0 aliphatic rings. The molecule has 2 N–H and O–H groups in total. The Balaban J connectivity index is 1.83. The molecule has 0 saturated heterocycles. The Kier molecular flexibility index (Phi) is 2.76. The van der Waals surface area contributed by atoms with Gasteiger partial charge in [0.15, 0.2) is 0 Å². The maximum absolute atomic E-state index is 4.50. The molecule has 0 bridgehead atoms. The van der Waals surface area contributed by atoms with Crippen molar-refractivity contribution >= 4 is 28.3 Å². The van der Waals surface area contributed by atoms with Crippen molar-refractivity contribution in [3.63, 3.8) is 0 Å². The number of anilines is 1. The number of para-hydroxylation sites is 2. The first-order valence-corrected chi connectivity index (χ1v) is 6.73. The highest BCUT2D eigenvalue weighted by molar-refractivity contribution is 7.09. The molecule has 0 amide bonds. The molecule has 0 fully saturated rings. The smallest absolute Gasteiger partial charge is 0.201 e. The SMILES string of the molecule is Cc1csc(C(C)Nc2nc3ccccc3[nH]2)n1. The summed E-state index contributed by atoms with van der Waals surface area (Å²) in [5.74, 6) is 0.788. The van der Waals surface area contributed by atoms with Crippen LogP contribution in [0.4, 0.5) is 5.95 Å². The number of benzene rings is 1. The van der Waals surface area contributed by atoms with E-state index in [0.717, 1.165) is 27.7 Å². The summed E-state index contributed by atoms with van der Waals surface area (Å²) in [4.78, 5) is 12.2. The van der Waals surface area contributed by atoms with Crippen molar-refractivity contribution in [2.75, 3.05) is 5.32 Å². The Labute approximate surface area is 109 Å². The fourth-order valence-corrected chi connectivity index (χ4v) is 2.66. The van der Waals surface area contributed by atoms with Gasteiger partial charge in [-0.15, -0.1) is 11.3 Å². The summed E-state index contributed by atoms with van der Waals surface area (Å²) in [5, 5.41) is 6.48. The van der Waals surface area contributed by atoms with E-state index in [-0.39, 0.29) is 6.04 Å². The summed E-state index contributed by atoms with van der Waals surface area (Å²) in [5.41, 5.74) is 3.08. The lowest BCUT2D eigenvalue weighted by molar-refractivity contribution is 0.850. The Hall–Kier alpha value is -1.88. The molecule has 4 nitrogen and oxygen atoms in total. The normalized spacial score (nSPS) is 12.8. The molecule has 0 radical (unpaired) electrons. The van der Waals surface area contributed by atoms with Crippen LogP contribution in [0, 0.1) is 6.92 Å². The van der Waals surface area contributed by atoms with Crippen LogP contribution in [0.5, 0.6) is 0 Å². The van der Waals surface area contributed by atoms with Crippen molar-refractivity contribution in [1.82, 2.24) is 15.0 Å². The van der Waals surface area contributed by atoms with Crippen LogP contribution in [-0.4, -0.2) is 15.0 Å². The van der Waals surface area contributed by atoms with Gasteiger partial charge in [0.25, 0.3) is 0 Å². The largest absolute Gasteiger partial charge is 0.347 e. The van der Waals surface area contributed by atoms with Gasteiger partial charge < -0.3 is 10.3 Å². The van der Waals surface area contributed by atoms with Crippen molar-refractivity contribution in [3.05, 3.63) is 40.3 Å². The van der Waals surface area contributed by atoms with Crippen molar-refractivity contribution in [3.8, 4) is 0 Å². The van der Waals surface area contributed by atoms with Gasteiger partial charge in [0, 0.05) is 11.1 Å². The van der Waals surface area contributed by atoms with E-state index in [4.69, 9.17) is 0 Å². The van der Waals surface area contributed by atoms with Crippen LogP contribution in [0.3, 0.4) is 0 Å². The highest BCUT2D eigenvalue weighted by atomic mass is 32.1. The fourth-order valence-electron chi connectivity index (χ4n) is 1.86. The van der Waals surface area contributed by atoms with Gasteiger partial charge in [-0.3, -0.25) is 0 Å². The average molecular weight is 258 g/mol. The van der Waals surface area contributed by atoms with E-state index in [1.165, 1.54) is 0 Å². The quantitative estimate of drug-likeness (QED) is 0.756. The van der Waals surface area contributed by atoms with Gasteiger partial charge in [0.1, 0.15) is 5.01 Å². The third-order valence-electron chi connectivity index (χ3n) is 2.75. The predicted octanol–water partition coefficient (Wildman–Crippen LogP) is 3.50. The Bertz CT molecular complexity index is 637. The van der Waals surface area contributed by atoms with Gasteiger partial charge in [0.05, 0.1) is 17.1 Å². The van der Waals surface area contributed by atoms with Gasteiger partial charge in [0.2, 0.25) is 5.95 Å². The standard InChI is InChI=1S/C13H14N4S/c1-8-7-18-12(14-8)9(2)15-13-16-10-5-3-4-6-11(10)17-13/h3-7,9H,1-2H3,(H2,15,16,17). The van der Waals surface area contributed by atoms with Gasteiger partial charge in [-0.25, -0.2) is 9.97 Å². The molecule has 1 aromatic carbocycles. The van der Waals surface area contributed by atoms with E-state index in [0.29, 0.717) is 0 Å². The molecule has 2 aromatic heterocycles. The molecule has 2 heterocycles. The van der Waals surface area contributed by atoms with Crippen molar-refractivity contribution < 1.29 is 0 Å². The summed E-state index contributed by atoms with van der Waals surface area (Å²) in [6.07, 6.45) is 0. The van der Waals surface area contributed by atoms with E-state index in [1.54, 1.807) is 11.3 Å². The monoisotopic (exact) mass is 258 g/mol. The average Bonchev–Trinajstić information content (AvgIpc) is 2.94. The number of nitrogens with zero attached hydrogens (tertiary/aromatic N) is 2. The minimum Gasteiger partial charge on any atom is -0.347 e. The van der Waals surface area contributed by atoms with E-state index in [2.05, 4.69) is 32.6 Å². The third kappa shape index (κ3) is 2.09. The number of hydrogen-bond donors (Lipinski definition) is 2. The number of aromatic nitrogens is 3. The summed E-state index contributed by atoms with van der Waals surface area (Å²) >= 11 is 1.67. The van der Waals surface area contributed by atoms with E-state index >= 15 is 0 Å². The Morgan fingerprint density at radius 1 is 1.28 bits per heavy atom. The van der Waals surface area contributed by atoms with Gasteiger partial charge >= 0.3 is 0 Å². The van der Waals surface area contributed by atoms with Crippen LogP contribution in [-0.2, 0) is 0 Å². The van der Waals surface area contributed by atoms with Crippen LogP contribution in [0.25, 0.3) is 11.0 Å². The second-order valence-corrected chi connectivity index (χ2v) is 5.19. The van der Waals surface area contributed by atoms with Crippen molar-refractivity contribution in [2.45, 2.75) is 19.9 Å². The lowest BCUT2D eigenvalue weighted by Gasteiger charge is -2.09. The summed E-state index contributed by atoms with van der Waals surface area (Å²) < 4.78 is 0. The fraction of sp³-hybridized carbons (Fsp3) is 0.231. The Morgan fingerprint density at radius 2 is 2.11 bits per heavy atom. The molecular weight excluding hydrogens is 244 g/mol. The van der Waals surface area contributed by atoms with Crippen LogP contribution >= 0.6 is 11.3 Å². The van der Waals surface area contributed by atoms with Gasteiger partial charge in [-0.2, -0.15) is 0 Å². The molecule has 0 saturated carbocycles. The number of aryl methyl sites for hydroxylation is 1. The predicted molar refractivity (Wildman–Crippen MR) is 75.0 cm³/mol. The van der Waals surface area contributed by atoms with Crippen LogP contribution in [0.15, 0.2) is 29.6 Å². The van der Waals surface area contributed by atoms with E-state index in [1.807, 2.05) is 31.2 Å². The highest BCUT2D eigenvalue weighted by Gasteiger charge is 2.11. The number of aromatic amines is 1. The number of nitrogens with one attached hydrogen (secondary N) is 2. The van der Waals surface area contributed by atoms with Gasteiger partial charge in [-0.1, -0.05) is 12.1 Å². The Morgan fingerprint density at radius 3 is 2.83 bits per heavy atom. The van der Waals surface area contributed by atoms with Crippen LogP contribution < -0.4 is 5.32 Å². The molecule has 0 aliphatic carbocycles. The third-order valence-corrected chi connectivity index (χ3v) is 3.90. The van der Waals surface area contributed by atoms with Crippen molar-refractivity contribution in [2.24, 2.45) is 0 Å². The first-order chi connectivity index (χ1) is 8.72. The zero-order chi connectivity index (χ0) is 12.5. The zero-order valence-corrected chi connectivity index (χ0v) is 11.1. The molecule has 92 valence electrons. The summed E-state index contributed by atoms with van der Waals surface area (Å²) in [6, 6.07) is 8.16. The maximum Gasteiger partial charge on any atom is 0.201 e. The number of thiazole rings is 1. The van der Waals surface area contributed by atoms with Crippen LogP contribution in [0.1, 0.15) is 23.7 Å². The zero-order valence-electron chi connectivity index (χ0n) is 10.3. The first kappa shape index (κ1) is 11.2. The number of rotatable bonds is 3. The topological polar surface area (TPSA) is 53.6 Å². The molecule has 18 heavy (non-hydrogen) atoms. The molecule has 0 aliphatic heterocycles. The van der Waals surface area contributed by atoms with Crippen LogP contribution in [0.2, 0.25) is 0 Å². The molecule has 3 rings (SSSR count). The number of imidazole rings is 1. The molecule has 3 aromatic rings. The maximum atomic E-state index is 4.50.